The molecule has 1 rings (SSSR count). The molecule has 0 heterocycles. The zero-order valence-electron chi connectivity index (χ0n) is 12.4. The summed E-state index contributed by atoms with van der Waals surface area (Å²) in [4.78, 5) is 13.0. The maximum Gasteiger partial charge on any atom is 0.292 e. The van der Waals surface area contributed by atoms with E-state index in [1.165, 1.54) is 0 Å². The standard InChI is InChI=1S/C14H23N3O2S/c1-4-16(5-2)8-9-20-11-12-6-7-13(15-3)14(10-12)17(18)19/h6-7,10,15H,4-5,8-9,11H2,1-3H3. The van der Waals surface area contributed by atoms with Crippen LogP contribution in [0.3, 0.4) is 0 Å². The Morgan fingerprint density at radius 3 is 2.60 bits per heavy atom. The van der Waals surface area contributed by atoms with Gasteiger partial charge in [-0.15, -0.1) is 0 Å². The van der Waals surface area contributed by atoms with Gasteiger partial charge in [0, 0.05) is 31.2 Å². The second kappa shape index (κ2) is 8.81. The molecule has 0 bridgehead atoms. The van der Waals surface area contributed by atoms with Gasteiger partial charge in [-0.05, 0) is 24.7 Å². The van der Waals surface area contributed by atoms with Crippen molar-refractivity contribution in [3.63, 3.8) is 0 Å². The number of hydrogen-bond acceptors (Lipinski definition) is 5. The number of anilines is 1. The van der Waals surface area contributed by atoms with E-state index >= 15 is 0 Å². The molecule has 1 N–H and O–H groups in total. The van der Waals surface area contributed by atoms with Gasteiger partial charge in [-0.2, -0.15) is 11.8 Å². The lowest BCUT2D eigenvalue weighted by Crippen LogP contribution is -2.25. The van der Waals surface area contributed by atoms with E-state index in [0.717, 1.165) is 36.7 Å². The zero-order chi connectivity index (χ0) is 15.0. The third-order valence-electron chi connectivity index (χ3n) is 3.24. The van der Waals surface area contributed by atoms with E-state index in [1.807, 2.05) is 17.8 Å². The number of nitro groups is 1. The minimum absolute atomic E-state index is 0.148. The molecule has 0 fully saturated rings. The summed E-state index contributed by atoms with van der Waals surface area (Å²) < 4.78 is 0. The molecule has 0 radical (unpaired) electrons. The fourth-order valence-electron chi connectivity index (χ4n) is 1.95. The molecule has 0 aromatic heterocycles. The van der Waals surface area contributed by atoms with Crippen LogP contribution in [0.1, 0.15) is 19.4 Å². The Morgan fingerprint density at radius 2 is 2.05 bits per heavy atom. The minimum Gasteiger partial charge on any atom is -0.383 e. The van der Waals surface area contributed by atoms with Crippen LogP contribution in [0.5, 0.6) is 0 Å². The first kappa shape index (κ1) is 16.8. The van der Waals surface area contributed by atoms with Crippen molar-refractivity contribution in [1.82, 2.24) is 4.90 Å². The Hall–Kier alpha value is -1.27. The molecular weight excluding hydrogens is 274 g/mol. The lowest BCUT2D eigenvalue weighted by atomic mass is 10.2. The Labute approximate surface area is 124 Å². The number of nitrogens with one attached hydrogen (secondary N) is 1. The molecule has 20 heavy (non-hydrogen) atoms. The van der Waals surface area contributed by atoms with Crippen LogP contribution < -0.4 is 5.32 Å². The number of nitrogens with zero attached hydrogens (tertiary/aromatic N) is 2. The van der Waals surface area contributed by atoms with Gasteiger partial charge in [0.05, 0.1) is 4.92 Å². The summed E-state index contributed by atoms with van der Waals surface area (Å²) in [5, 5.41) is 13.8. The lowest BCUT2D eigenvalue weighted by molar-refractivity contribution is -0.384. The van der Waals surface area contributed by atoms with E-state index < -0.39 is 0 Å². The second-order valence-corrected chi connectivity index (χ2v) is 5.54. The van der Waals surface area contributed by atoms with Crippen molar-refractivity contribution in [3.8, 4) is 0 Å². The molecule has 0 atom stereocenters. The molecule has 0 aliphatic heterocycles. The highest BCUT2D eigenvalue weighted by Crippen LogP contribution is 2.26. The summed E-state index contributed by atoms with van der Waals surface area (Å²) >= 11 is 1.81. The van der Waals surface area contributed by atoms with Crippen LogP contribution in [-0.4, -0.2) is 42.3 Å². The first-order chi connectivity index (χ1) is 9.62. The van der Waals surface area contributed by atoms with Gasteiger partial charge in [-0.1, -0.05) is 19.9 Å². The van der Waals surface area contributed by atoms with Crippen molar-refractivity contribution < 1.29 is 4.92 Å². The molecule has 0 saturated heterocycles. The molecule has 6 heteroatoms. The molecule has 0 spiro atoms. The van der Waals surface area contributed by atoms with Crippen LogP contribution in [0.25, 0.3) is 0 Å². The summed E-state index contributed by atoms with van der Waals surface area (Å²) in [6, 6.07) is 5.39. The topological polar surface area (TPSA) is 58.4 Å². The van der Waals surface area contributed by atoms with Gasteiger partial charge in [0.2, 0.25) is 0 Å². The SMILES string of the molecule is CCN(CC)CCSCc1ccc(NC)c([N+](=O)[O-])c1. The van der Waals surface area contributed by atoms with Crippen molar-refractivity contribution in [2.24, 2.45) is 0 Å². The molecule has 1 aromatic rings. The quantitative estimate of drug-likeness (QED) is 0.431. The molecule has 112 valence electrons. The van der Waals surface area contributed by atoms with E-state index in [2.05, 4.69) is 24.1 Å². The fraction of sp³-hybridized carbons (Fsp3) is 0.571. The van der Waals surface area contributed by atoms with Crippen LogP contribution in [0.2, 0.25) is 0 Å². The predicted octanol–water partition coefficient (Wildman–Crippen LogP) is 3.21. The molecule has 0 aliphatic rings. The average Bonchev–Trinajstić information content (AvgIpc) is 2.47. The van der Waals surface area contributed by atoms with Crippen LogP contribution in [-0.2, 0) is 5.75 Å². The van der Waals surface area contributed by atoms with Crippen molar-refractivity contribution in [2.45, 2.75) is 19.6 Å². The Kier molecular flexibility index (Phi) is 7.40. The molecule has 0 unspecified atom stereocenters. The van der Waals surface area contributed by atoms with Crippen LogP contribution in [0.4, 0.5) is 11.4 Å². The monoisotopic (exact) mass is 297 g/mol. The van der Waals surface area contributed by atoms with E-state index in [0.29, 0.717) is 5.69 Å². The Balaban J connectivity index is 2.52. The van der Waals surface area contributed by atoms with E-state index in [-0.39, 0.29) is 10.6 Å². The Bertz CT molecular complexity index is 436. The van der Waals surface area contributed by atoms with Crippen LogP contribution in [0.15, 0.2) is 18.2 Å². The highest BCUT2D eigenvalue weighted by molar-refractivity contribution is 7.98. The van der Waals surface area contributed by atoms with Gasteiger partial charge in [0.15, 0.2) is 0 Å². The average molecular weight is 297 g/mol. The maximum absolute atomic E-state index is 11.0. The fourth-order valence-corrected chi connectivity index (χ4v) is 2.90. The molecule has 0 amide bonds. The summed E-state index contributed by atoms with van der Waals surface area (Å²) in [5.74, 6) is 1.86. The second-order valence-electron chi connectivity index (χ2n) is 4.44. The molecule has 0 aliphatic carbocycles. The number of rotatable bonds is 9. The van der Waals surface area contributed by atoms with Crippen molar-refractivity contribution in [1.29, 1.82) is 0 Å². The summed E-state index contributed by atoms with van der Waals surface area (Å²) in [6.07, 6.45) is 0. The van der Waals surface area contributed by atoms with Gasteiger partial charge >= 0.3 is 0 Å². The van der Waals surface area contributed by atoms with E-state index in [1.54, 1.807) is 19.2 Å². The summed E-state index contributed by atoms with van der Waals surface area (Å²) in [5.41, 5.74) is 1.71. The molecule has 1 aromatic carbocycles. The molecule has 5 nitrogen and oxygen atoms in total. The minimum atomic E-state index is -0.337. The largest absolute Gasteiger partial charge is 0.383 e. The van der Waals surface area contributed by atoms with Gasteiger partial charge in [-0.25, -0.2) is 0 Å². The van der Waals surface area contributed by atoms with Crippen LogP contribution >= 0.6 is 11.8 Å². The van der Waals surface area contributed by atoms with E-state index in [9.17, 15) is 10.1 Å². The normalized spacial score (nSPS) is 10.8. The highest BCUT2D eigenvalue weighted by Gasteiger charge is 2.13. The smallest absolute Gasteiger partial charge is 0.292 e. The van der Waals surface area contributed by atoms with Crippen molar-refractivity contribution in [2.75, 3.05) is 37.8 Å². The number of thioether (sulfide) groups is 1. The van der Waals surface area contributed by atoms with Crippen LogP contribution in [0, 0.1) is 10.1 Å². The first-order valence-corrected chi connectivity index (χ1v) is 8.03. The lowest BCUT2D eigenvalue weighted by Gasteiger charge is -2.17. The zero-order valence-corrected chi connectivity index (χ0v) is 13.2. The van der Waals surface area contributed by atoms with Gasteiger partial charge in [-0.3, -0.25) is 10.1 Å². The number of benzene rings is 1. The van der Waals surface area contributed by atoms with Gasteiger partial charge in [0.25, 0.3) is 5.69 Å². The van der Waals surface area contributed by atoms with Gasteiger partial charge < -0.3 is 10.2 Å². The Morgan fingerprint density at radius 1 is 1.35 bits per heavy atom. The number of nitro benzene ring substituents is 1. The third kappa shape index (κ3) is 5.02. The first-order valence-electron chi connectivity index (χ1n) is 6.87. The number of hydrogen-bond donors (Lipinski definition) is 1. The highest BCUT2D eigenvalue weighted by atomic mass is 32.2. The van der Waals surface area contributed by atoms with Gasteiger partial charge in [0.1, 0.15) is 5.69 Å². The third-order valence-corrected chi connectivity index (χ3v) is 4.25. The predicted molar refractivity (Wildman–Crippen MR) is 86.6 cm³/mol. The molecule has 0 saturated carbocycles. The summed E-state index contributed by atoms with van der Waals surface area (Å²) in [7, 11) is 1.70. The van der Waals surface area contributed by atoms with Crippen molar-refractivity contribution in [3.05, 3.63) is 33.9 Å². The van der Waals surface area contributed by atoms with E-state index in [4.69, 9.17) is 0 Å². The molecular formula is C14H23N3O2S. The summed E-state index contributed by atoms with van der Waals surface area (Å²) in [6.45, 7) is 7.52. The maximum atomic E-state index is 11.0. The van der Waals surface area contributed by atoms with Crippen molar-refractivity contribution >= 4 is 23.1 Å².